The maximum Gasteiger partial charge on any atom is 0.251 e. The van der Waals surface area contributed by atoms with E-state index >= 15 is 0 Å². The van der Waals surface area contributed by atoms with Gasteiger partial charge in [-0.05, 0) is 42.8 Å². The number of carbonyl (C=O) groups excluding carboxylic acids is 3. The Balaban J connectivity index is 1.38. The molecule has 2 aromatic carbocycles. The van der Waals surface area contributed by atoms with Crippen LogP contribution >= 0.6 is 15.9 Å². The lowest BCUT2D eigenvalue weighted by Gasteiger charge is -2.10. The fourth-order valence-corrected chi connectivity index (χ4v) is 2.98. The number of anilines is 1. The minimum absolute atomic E-state index is 0.119. The molecule has 8 nitrogen and oxygen atoms in total. The van der Waals surface area contributed by atoms with E-state index in [1.807, 2.05) is 25.1 Å². The van der Waals surface area contributed by atoms with Gasteiger partial charge in [0.1, 0.15) is 0 Å². The summed E-state index contributed by atoms with van der Waals surface area (Å²) < 4.78 is 11.3. The molecule has 2 aromatic rings. The third kappa shape index (κ3) is 5.71. The Labute approximate surface area is 176 Å². The van der Waals surface area contributed by atoms with Crippen LogP contribution < -0.4 is 25.4 Å². The zero-order valence-corrected chi connectivity index (χ0v) is 17.3. The smallest absolute Gasteiger partial charge is 0.251 e. The molecule has 0 saturated carbocycles. The Bertz CT molecular complexity index is 948. The molecule has 1 aliphatic rings. The van der Waals surface area contributed by atoms with E-state index in [1.165, 1.54) is 0 Å². The van der Waals surface area contributed by atoms with Crippen LogP contribution in [-0.2, 0) is 9.59 Å². The second-order valence-corrected chi connectivity index (χ2v) is 7.27. The second-order valence-electron chi connectivity index (χ2n) is 6.36. The van der Waals surface area contributed by atoms with Gasteiger partial charge in [-0.3, -0.25) is 14.4 Å². The summed E-state index contributed by atoms with van der Waals surface area (Å²) in [6, 6.07) is 10.4. The second kappa shape index (κ2) is 9.42. The molecule has 0 radical (unpaired) electrons. The summed E-state index contributed by atoms with van der Waals surface area (Å²) in [6.45, 7) is 1.99. The van der Waals surface area contributed by atoms with Crippen LogP contribution in [0.4, 0.5) is 5.69 Å². The fourth-order valence-electron chi connectivity index (χ4n) is 2.62. The minimum atomic E-state index is -0.402. The largest absolute Gasteiger partial charge is 0.454 e. The highest BCUT2D eigenvalue weighted by atomic mass is 79.9. The molecule has 0 bridgehead atoms. The molecule has 0 unspecified atom stereocenters. The van der Waals surface area contributed by atoms with Crippen LogP contribution in [0.3, 0.4) is 0 Å². The molecule has 152 valence electrons. The fraction of sp³-hybridized carbons (Fsp3) is 0.250. The van der Waals surface area contributed by atoms with Gasteiger partial charge in [0, 0.05) is 28.7 Å². The van der Waals surface area contributed by atoms with Gasteiger partial charge < -0.3 is 25.4 Å². The van der Waals surface area contributed by atoms with E-state index in [0.29, 0.717) is 22.7 Å². The van der Waals surface area contributed by atoms with Crippen LogP contribution in [0.25, 0.3) is 0 Å². The van der Waals surface area contributed by atoms with Gasteiger partial charge in [0.25, 0.3) is 5.91 Å². The Morgan fingerprint density at radius 3 is 2.62 bits per heavy atom. The number of aryl methyl sites for hydroxylation is 1. The van der Waals surface area contributed by atoms with E-state index in [-0.39, 0.29) is 38.1 Å². The highest BCUT2D eigenvalue weighted by molar-refractivity contribution is 9.10. The topological polar surface area (TPSA) is 106 Å². The Morgan fingerprint density at radius 1 is 1.00 bits per heavy atom. The summed E-state index contributed by atoms with van der Waals surface area (Å²) in [5.74, 6) is 0.0761. The number of nitrogens with one attached hydrogen (secondary N) is 3. The molecule has 29 heavy (non-hydrogen) atoms. The summed E-state index contributed by atoms with van der Waals surface area (Å²) in [6.07, 6.45) is 0.119. The Hall–Kier alpha value is -3.07. The maximum atomic E-state index is 12.1. The lowest BCUT2D eigenvalue weighted by atomic mass is 10.2. The average Bonchev–Trinajstić information content (AvgIpc) is 3.16. The number of carbonyl (C=O) groups is 3. The normalized spacial score (nSPS) is 11.7. The Morgan fingerprint density at radius 2 is 1.79 bits per heavy atom. The third-order valence-electron chi connectivity index (χ3n) is 4.19. The highest BCUT2D eigenvalue weighted by Gasteiger charge is 2.16. The Kier molecular flexibility index (Phi) is 6.71. The average molecular weight is 462 g/mol. The zero-order chi connectivity index (χ0) is 20.8. The van der Waals surface area contributed by atoms with Crippen molar-refractivity contribution in [3.8, 4) is 11.5 Å². The molecule has 3 amide bonds. The van der Waals surface area contributed by atoms with Crippen molar-refractivity contribution in [3.05, 3.63) is 52.0 Å². The molecule has 1 heterocycles. The number of ether oxygens (including phenoxy) is 2. The minimum Gasteiger partial charge on any atom is -0.454 e. The van der Waals surface area contributed by atoms with Crippen molar-refractivity contribution in [2.45, 2.75) is 13.3 Å². The number of rotatable bonds is 7. The van der Waals surface area contributed by atoms with Crippen molar-refractivity contribution < 1.29 is 23.9 Å². The molecule has 0 saturated heterocycles. The van der Waals surface area contributed by atoms with Crippen molar-refractivity contribution in [1.82, 2.24) is 10.6 Å². The number of benzene rings is 2. The molecule has 3 rings (SSSR count). The van der Waals surface area contributed by atoms with Crippen LogP contribution in [0.2, 0.25) is 0 Å². The molecule has 9 heteroatoms. The SMILES string of the molecule is Cc1ccc(Br)cc1NC(=O)CCNC(=O)CNC(=O)c1ccc2c(c1)OCO2. The summed E-state index contributed by atoms with van der Waals surface area (Å²) in [7, 11) is 0. The first-order valence-corrected chi connectivity index (χ1v) is 9.72. The number of hydrogen-bond donors (Lipinski definition) is 3. The predicted octanol–water partition coefficient (Wildman–Crippen LogP) is 2.36. The van der Waals surface area contributed by atoms with E-state index in [4.69, 9.17) is 9.47 Å². The first-order valence-electron chi connectivity index (χ1n) is 8.93. The quantitative estimate of drug-likeness (QED) is 0.586. The molecule has 0 spiro atoms. The molecule has 0 aromatic heterocycles. The van der Waals surface area contributed by atoms with Gasteiger partial charge in [-0.1, -0.05) is 22.0 Å². The maximum absolute atomic E-state index is 12.1. The molecule has 3 N–H and O–H groups in total. The summed E-state index contributed by atoms with van der Waals surface area (Å²) >= 11 is 3.36. The van der Waals surface area contributed by atoms with Gasteiger partial charge in [-0.25, -0.2) is 0 Å². The van der Waals surface area contributed by atoms with E-state index in [1.54, 1.807) is 18.2 Å². The first kappa shape index (κ1) is 20.7. The van der Waals surface area contributed by atoms with Crippen molar-refractivity contribution in [1.29, 1.82) is 0 Å². The standard InChI is InChI=1S/C20H20BrN3O5/c1-12-2-4-14(21)9-15(12)24-18(25)6-7-22-19(26)10-23-20(27)13-3-5-16-17(8-13)29-11-28-16/h2-5,8-9H,6-7,10-11H2,1H3,(H,22,26)(H,23,27)(H,24,25). The van der Waals surface area contributed by atoms with E-state index in [0.717, 1.165) is 10.0 Å². The predicted molar refractivity (Wildman–Crippen MR) is 110 cm³/mol. The van der Waals surface area contributed by atoms with Crippen molar-refractivity contribution in [3.63, 3.8) is 0 Å². The number of fused-ring (bicyclic) bond motifs is 1. The van der Waals surface area contributed by atoms with Gasteiger partial charge in [-0.15, -0.1) is 0 Å². The van der Waals surface area contributed by atoms with Crippen molar-refractivity contribution in [2.75, 3.05) is 25.2 Å². The van der Waals surface area contributed by atoms with Gasteiger partial charge >= 0.3 is 0 Å². The molecular formula is C20H20BrN3O5. The first-order chi connectivity index (χ1) is 13.9. The molecule has 1 aliphatic heterocycles. The third-order valence-corrected chi connectivity index (χ3v) is 4.69. The van der Waals surface area contributed by atoms with E-state index in [9.17, 15) is 14.4 Å². The zero-order valence-electron chi connectivity index (χ0n) is 15.7. The van der Waals surface area contributed by atoms with Crippen LogP contribution in [0.15, 0.2) is 40.9 Å². The molecular weight excluding hydrogens is 442 g/mol. The summed E-state index contributed by atoms with van der Waals surface area (Å²) in [4.78, 5) is 36.1. The van der Waals surface area contributed by atoms with Gasteiger partial charge in [-0.2, -0.15) is 0 Å². The number of halogens is 1. The van der Waals surface area contributed by atoms with Crippen LogP contribution in [0, 0.1) is 6.92 Å². The van der Waals surface area contributed by atoms with Gasteiger partial charge in [0.2, 0.25) is 18.6 Å². The van der Waals surface area contributed by atoms with E-state index in [2.05, 4.69) is 31.9 Å². The van der Waals surface area contributed by atoms with Gasteiger partial charge in [0.05, 0.1) is 6.54 Å². The van der Waals surface area contributed by atoms with Crippen LogP contribution in [0.5, 0.6) is 11.5 Å². The number of hydrogen-bond acceptors (Lipinski definition) is 5. The molecule has 0 atom stereocenters. The van der Waals surface area contributed by atoms with Crippen molar-refractivity contribution in [2.24, 2.45) is 0 Å². The van der Waals surface area contributed by atoms with Gasteiger partial charge in [0.15, 0.2) is 11.5 Å². The monoisotopic (exact) mass is 461 g/mol. The molecule has 0 aliphatic carbocycles. The number of amides is 3. The highest BCUT2D eigenvalue weighted by Crippen LogP contribution is 2.32. The van der Waals surface area contributed by atoms with E-state index < -0.39 is 5.91 Å². The lowest BCUT2D eigenvalue weighted by Crippen LogP contribution is -2.38. The van der Waals surface area contributed by atoms with Crippen LogP contribution in [-0.4, -0.2) is 37.6 Å². The van der Waals surface area contributed by atoms with Crippen molar-refractivity contribution >= 4 is 39.3 Å². The van der Waals surface area contributed by atoms with Crippen LogP contribution in [0.1, 0.15) is 22.3 Å². The molecule has 0 fully saturated rings. The summed E-state index contributed by atoms with van der Waals surface area (Å²) in [5, 5.41) is 7.94. The summed E-state index contributed by atoms with van der Waals surface area (Å²) in [5.41, 5.74) is 2.02. The lowest BCUT2D eigenvalue weighted by molar-refractivity contribution is -0.120.